The van der Waals surface area contributed by atoms with E-state index in [1.165, 1.54) is 17.9 Å². The van der Waals surface area contributed by atoms with Gasteiger partial charge in [-0.2, -0.15) is 4.98 Å². The highest BCUT2D eigenvalue weighted by Gasteiger charge is 2.48. The molecular weight excluding hydrogens is 852 g/mol. The van der Waals surface area contributed by atoms with Crippen LogP contribution >= 0.6 is 31.3 Å². The van der Waals surface area contributed by atoms with E-state index in [-0.39, 0.29) is 28.3 Å². The van der Waals surface area contributed by atoms with Crippen LogP contribution in [-0.2, 0) is 56.8 Å². The molecule has 12 atom stereocenters. The van der Waals surface area contributed by atoms with Gasteiger partial charge in [-0.15, -0.1) is 0 Å². The van der Waals surface area contributed by atoms with Gasteiger partial charge in [0, 0.05) is 5.88 Å². The second kappa shape index (κ2) is 15.1. The SMILES string of the molecule is Cn1c[n+]([C@@H]2O[C@H](COP(=O)([O-])OP(=O)([O-])OP(=O)([O-])OP(=O)([O-])OC[C@H]3O[C@@H](n4cnc5c(=O)[nH]c(N)nc54)[C@H](O)[C@@H]3O)[C@@H](O)[C@H]2O)c2nc(N)nc([O-])c21. The monoisotopic (exact) mass is 878 g/mol. The topological polar surface area (TPSA) is 479 Å². The van der Waals surface area contributed by atoms with Crippen LogP contribution < -0.4 is 46.3 Å². The van der Waals surface area contributed by atoms with Gasteiger partial charge in [0.25, 0.3) is 42.8 Å². The van der Waals surface area contributed by atoms with Crippen LogP contribution in [0.4, 0.5) is 11.9 Å². The fraction of sp³-hybridized carbons (Fsp3) is 0.524. The number of nitrogens with zero attached hydrogens (tertiary/aromatic N) is 7. The minimum atomic E-state index is -6.65. The molecule has 9 N–H and O–H groups in total. The number of phosphoric acid groups is 4. The highest BCUT2D eigenvalue weighted by atomic mass is 31.3. The fourth-order valence-electron chi connectivity index (χ4n) is 5.51. The third-order valence-electron chi connectivity index (χ3n) is 7.81. The van der Waals surface area contributed by atoms with E-state index in [2.05, 4.69) is 46.9 Å². The zero-order chi connectivity index (χ0) is 41.3. The number of anilines is 2. The molecule has 56 heavy (non-hydrogen) atoms. The Morgan fingerprint density at radius 3 is 2.02 bits per heavy atom. The minimum Gasteiger partial charge on any atom is -0.856 e. The Kier molecular flexibility index (Phi) is 11.4. The molecule has 6 rings (SSSR count). The van der Waals surface area contributed by atoms with E-state index in [0.717, 1.165) is 15.5 Å². The van der Waals surface area contributed by atoms with E-state index in [1.54, 1.807) is 0 Å². The summed E-state index contributed by atoms with van der Waals surface area (Å²) in [6.07, 6.45) is -12.1. The quantitative estimate of drug-likeness (QED) is 0.0457. The molecule has 0 saturated carbocycles. The van der Waals surface area contributed by atoms with E-state index < -0.39 is 111 Å². The van der Waals surface area contributed by atoms with E-state index >= 15 is 0 Å². The first-order chi connectivity index (χ1) is 25.9. The third-order valence-corrected chi connectivity index (χ3v) is 13.5. The lowest BCUT2D eigenvalue weighted by Crippen LogP contribution is -2.46. The summed E-state index contributed by atoms with van der Waals surface area (Å²) in [6, 6.07) is 0. The van der Waals surface area contributed by atoms with Crippen LogP contribution in [0.1, 0.15) is 12.5 Å². The predicted molar refractivity (Wildman–Crippen MR) is 163 cm³/mol. The first-order valence-corrected chi connectivity index (χ1v) is 20.9. The van der Waals surface area contributed by atoms with Gasteiger partial charge in [0.2, 0.25) is 12.2 Å². The van der Waals surface area contributed by atoms with Crippen molar-refractivity contribution in [2.24, 2.45) is 7.05 Å². The summed E-state index contributed by atoms with van der Waals surface area (Å²) in [7, 11) is -24.3. The first kappa shape index (κ1) is 42.2. The molecule has 31 nitrogen and oxygen atoms in total. The van der Waals surface area contributed by atoms with Gasteiger partial charge < -0.3 is 75.1 Å². The molecule has 0 aromatic carbocycles. The Bertz CT molecular complexity index is 2410. The van der Waals surface area contributed by atoms with E-state index in [0.29, 0.717) is 0 Å². The second-order valence-electron chi connectivity index (χ2n) is 11.7. The number of hydrogen-bond acceptors (Lipinski definition) is 27. The second-order valence-corrected chi connectivity index (χ2v) is 17.7. The summed E-state index contributed by atoms with van der Waals surface area (Å²) < 4.78 is 82.3. The van der Waals surface area contributed by atoms with Gasteiger partial charge >= 0.3 is 5.65 Å². The van der Waals surface area contributed by atoms with Crippen LogP contribution in [0.5, 0.6) is 5.88 Å². The summed E-state index contributed by atoms with van der Waals surface area (Å²) in [5, 5.41) is 54.1. The predicted octanol–water partition coefficient (Wildman–Crippen LogP) is -7.18. The van der Waals surface area contributed by atoms with Crippen molar-refractivity contribution in [3.8, 4) is 5.88 Å². The number of nitrogens with one attached hydrogen (secondary N) is 1. The number of fused-ring (bicyclic) bond motifs is 2. The summed E-state index contributed by atoms with van der Waals surface area (Å²) in [5.41, 5.74) is 9.50. The number of aromatic nitrogens is 8. The molecule has 2 aliphatic heterocycles. The molecule has 2 aliphatic rings. The average molecular weight is 878 g/mol. The highest BCUT2D eigenvalue weighted by molar-refractivity contribution is 7.68. The fourth-order valence-corrected chi connectivity index (χ4v) is 10.3. The molecule has 6 heterocycles. The Balaban J connectivity index is 1.03. The minimum absolute atomic E-state index is 0.104. The Labute approximate surface area is 308 Å². The zero-order valence-electron chi connectivity index (χ0n) is 27.5. The van der Waals surface area contributed by atoms with Crippen molar-refractivity contribution in [2.45, 2.75) is 49.1 Å². The van der Waals surface area contributed by atoms with E-state index in [1.807, 2.05) is 0 Å². The van der Waals surface area contributed by atoms with Crippen molar-refractivity contribution in [1.29, 1.82) is 0 Å². The number of imidazole rings is 2. The highest BCUT2D eigenvalue weighted by Crippen LogP contribution is 2.67. The van der Waals surface area contributed by atoms with Gasteiger partial charge in [-0.3, -0.25) is 37.2 Å². The Morgan fingerprint density at radius 2 is 1.41 bits per heavy atom. The van der Waals surface area contributed by atoms with Crippen molar-refractivity contribution in [2.75, 3.05) is 24.7 Å². The zero-order valence-corrected chi connectivity index (χ0v) is 31.1. The summed E-state index contributed by atoms with van der Waals surface area (Å²) in [4.78, 5) is 78.0. The van der Waals surface area contributed by atoms with Gasteiger partial charge in [-0.05, 0) is 0 Å². The van der Waals surface area contributed by atoms with Gasteiger partial charge in [0.15, 0.2) is 29.2 Å². The summed E-state index contributed by atoms with van der Waals surface area (Å²) in [5.74, 6) is -1.63. The maximum Gasteiger partial charge on any atom is 0.309 e. The lowest BCUT2D eigenvalue weighted by atomic mass is 10.1. The summed E-state index contributed by atoms with van der Waals surface area (Å²) in [6.45, 7) is -2.58. The number of H-pyrrole nitrogens is 1. The average Bonchev–Trinajstić information content (AvgIpc) is 3.77. The van der Waals surface area contributed by atoms with Crippen LogP contribution in [0, 0.1) is 0 Å². The van der Waals surface area contributed by atoms with Gasteiger partial charge in [-0.1, -0.05) is 4.98 Å². The van der Waals surface area contributed by atoms with Gasteiger partial charge in [0.1, 0.15) is 36.6 Å². The van der Waals surface area contributed by atoms with Crippen LogP contribution in [-0.4, -0.2) is 104 Å². The van der Waals surface area contributed by atoms with Crippen LogP contribution in [0.25, 0.3) is 22.3 Å². The molecule has 0 spiro atoms. The number of hydrogen-bond donors (Lipinski definition) is 7. The molecule has 0 amide bonds. The molecule has 4 aromatic heterocycles. The molecule has 310 valence electrons. The van der Waals surface area contributed by atoms with Crippen LogP contribution in [0.15, 0.2) is 17.4 Å². The normalized spacial score (nSPS) is 29.9. The Hall–Kier alpha value is -3.38. The largest absolute Gasteiger partial charge is 0.856 e. The number of nitrogens with two attached hydrogens (primary N) is 2. The maximum atomic E-state index is 12.3. The van der Waals surface area contributed by atoms with E-state index in [9.17, 15) is 68.2 Å². The Morgan fingerprint density at radius 1 is 0.857 bits per heavy atom. The molecule has 2 fully saturated rings. The van der Waals surface area contributed by atoms with E-state index in [4.69, 9.17) is 20.9 Å². The lowest BCUT2D eigenvalue weighted by Gasteiger charge is -2.36. The maximum absolute atomic E-state index is 12.3. The van der Waals surface area contributed by atoms with Crippen LogP contribution in [0.2, 0.25) is 0 Å². The third kappa shape index (κ3) is 8.71. The number of nitrogen functional groups attached to an aromatic ring is 2. The summed E-state index contributed by atoms with van der Waals surface area (Å²) >= 11 is 0. The smallest absolute Gasteiger partial charge is 0.309 e. The van der Waals surface area contributed by atoms with Crippen molar-refractivity contribution >= 4 is 65.5 Å². The molecule has 2 saturated heterocycles. The number of phosphoric ester groups is 2. The molecule has 35 heteroatoms. The number of aliphatic hydroxyl groups excluding tert-OH is 4. The van der Waals surface area contributed by atoms with Gasteiger partial charge in [0.05, 0.1) is 26.6 Å². The molecule has 4 aromatic rings. The van der Waals surface area contributed by atoms with Crippen molar-refractivity contribution in [1.82, 2.24) is 34.1 Å². The lowest BCUT2D eigenvalue weighted by molar-refractivity contribution is -0.745. The number of rotatable bonds is 14. The number of aromatic amines is 1. The number of aryl methyl sites for hydroxylation is 1. The standard InChI is InChI=1S/C21H30N10O21P4/c1-29-5-31(15-9(29)17(37)28-21(23)26-15)19-13(35)11(33)7(49-19)3-47-54(40,41)51-56(44,45)52-55(42,43)50-53(38,39)46-2-6-10(32)12(34)18(48-6)30-4-24-8-14(30)25-20(22)27-16(8)36/h4-7,10-13,18-19,32-35H,2-3H2,1H3,(H9-,22,23,25,26,27,28,36,37,38,39,40,41,42,43,44,45)/p-4/t6-,7-,10-,11-,12-,13-,18-,19-/m1/s1. The van der Waals surface area contributed by atoms with Crippen molar-refractivity contribution < 1.29 is 99.4 Å². The van der Waals surface area contributed by atoms with Gasteiger partial charge in [-0.25, -0.2) is 27.5 Å². The molecule has 4 unspecified atom stereocenters. The number of aliphatic hydroxyl groups is 4. The first-order valence-electron chi connectivity index (χ1n) is 15.0. The van der Waals surface area contributed by atoms with Crippen LogP contribution in [0.3, 0.4) is 0 Å². The van der Waals surface area contributed by atoms with Crippen molar-refractivity contribution in [3.63, 3.8) is 0 Å². The molecule has 0 aliphatic carbocycles. The number of ether oxygens (including phenoxy) is 2. The molecule has 0 bridgehead atoms. The molecule has 0 radical (unpaired) electrons. The molecular formula is C21H26N10O21P4-4. The van der Waals surface area contributed by atoms with Crippen molar-refractivity contribution in [3.05, 3.63) is 23.0 Å².